The molecular weight excluding hydrogens is 202 g/mol. The largest absolute Gasteiger partial charge is 0.466 e. The predicted octanol–water partition coefficient (Wildman–Crippen LogP) is 0.283. The number of hydrogen-bond acceptors (Lipinski definition) is 6. The van der Waals surface area contributed by atoms with Crippen LogP contribution in [0.2, 0.25) is 0 Å². The molecule has 0 heterocycles. The van der Waals surface area contributed by atoms with Gasteiger partial charge in [-0.3, -0.25) is 4.79 Å². The quantitative estimate of drug-likeness (QED) is 0.504. The highest BCUT2D eigenvalue weighted by molar-refractivity contribution is 8.03. The highest BCUT2D eigenvalue weighted by Crippen LogP contribution is 2.12. The van der Waals surface area contributed by atoms with E-state index in [9.17, 15) is 4.79 Å². The number of allylic oxidation sites excluding steroid dienone is 1. The third kappa shape index (κ3) is 5.32. The van der Waals surface area contributed by atoms with Crippen LogP contribution in [0.15, 0.2) is 10.7 Å². The minimum atomic E-state index is -0.275. The Morgan fingerprint density at radius 1 is 1.57 bits per heavy atom. The van der Waals surface area contributed by atoms with Gasteiger partial charge in [-0.25, -0.2) is 0 Å². The van der Waals surface area contributed by atoms with Crippen LogP contribution in [-0.2, 0) is 9.53 Å². The van der Waals surface area contributed by atoms with Crippen molar-refractivity contribution in [2.75, 3.05) is 12.4 Å². The second-order valence-corrected chi connectivity index (χ2v) is 3.43. The van der Waals surface area contributed by atoms with Gasteiger partial charge in [-0.05, 0) is 6.92 Å². The van der Waals surface area contributed by atoms with E-state index in [1.54, 1.807) is 13.0 Å². The smallest absolute Gasteiger partial charge is 0.306 e. The Morgan fingerprint density at radius 2 is 2.21 bits per heavy atom. The van der Waals surface area contributed by atoms with Gasteiger partial charge in [0.25, 0.3) is 0 Å². The van der Waals surface area contributed by atoms with E-state index in [0.29, 0.717) is 12.4 Å². The lowest BCUT2D eigenvalue weighted by atomic mass is 10.5. The van der Waals surface area contributed by atoms with Crippen LogP contribution in [0.5, 0.6) is 0 Å². The van der Waals surface area contributed by atoms with Crippen molar-refractivity contribution in [1.82, 2.24) is 0 Å². The fraction of sp³-hybridized carbons (Fsp3) is 0.500. The molecule has 0 aromatic carbocycles. The molecule has 0 unspecified atom stereocenters. The summed E-state index contributed by atoms with van der Waals surface area (Å²) in [6.45, 7) is 2.11. The Morgan fingerprint density at radius 3 is 2.71 bits per heavy atom. The molecular formula is C8H13N3O2S. The summed E-state index contributed by atoms with van der Waals surface area (Å²) in [5.74, 6) is 0.191. The number of carbonyl (C=O) groups excluding carboxylic acids is 1. The number of nitriles is 1. The van der Waals surface area contributed by atoms with Crippen molar-refractivity contribution in [2.24, 2.45) is 11.5 Å². The second-order valence-electron chi connectivity index (χ2n) is 2.29. The van der Waals surface area contributed by atoms with Crippen molar-refractivity contribution in [1.29, 1.82) is 5.26 Å². The standard InChI is InChI=1S/C8H13N3O2S/c1-2-13-7(12)3-4-14-8(11)6(10)5-9/h2-4,10-11H2,1H3/b8-6-. The van der Waals surface area contributed by atoms with Crippen LogP contribution in [-0.4, -0.2) is 18.3 Å². The number of esters is 1. The van der Waals surface area contributed by atoms with Gasteiger partial charge in [0.15, 0.2) is 0 Å². The molecule has 6 heteroatoms. The van der Waals surface area contributed by atoms with E-state index in [1.165, 1.54) is 11.8 Å². The first kappa shape index (κ1) is 12.7. The van der Waals surface area contributed by atoms with Crippen LogP contribution in [0.4, 0.5) is 0 Å². The summed E-state index contributed by atoms with van der Waals surface area (Å²) in [5.41, 5.74) is 10.7. The average molecular weight is 215 g/mol. The van der Waals surface area contributed by atoms with Crippen LogP contribution in [0, 0.1) is 11.3 Å². The molecule has 0 radical (unpaired) electrons. The van der Waals surface area contributed by atoms with Gasteiger partial charge >= 0.3 is 5.97 Å². The maximum atomic E-state index is 10.9. The monoisotopic (exact) mass is 215 g/mol. The van der Waals surface area contributed by atoms with E-state index in [-0.39, 0.29) is 23.1 Å². The van der Waals surface area contributed by atoms with Crippen molar-refractivity contribution in [3.63, 3.8) is 0 Å². The zero-order chi connectivity index (χ0) is 11.0. The molecule has 0 aromatic rings. The zero-order valence-electron chi connectivity index (χ0n) is 7.95. The van der Waals surface area contributed by atoms with E-state index in [0.717, 1.165) is 0 Å². The molecule has 0 bridgehead atoms. The topological polar surface area (TPSA) is 102 Å². The highest BCUT2D eigenvalue weighted by Gasteiger charge is 2.03. The Labute approximate surface area is 87.1 Å². The van der Waals surface area contributed by atoms with E-state index < -0.39 is 0 Å². The van der Waals surface area contributed by atoms with Gasteiger partial charge in [-0.2, -0.15) is 5.26 Å². The Balaban J connectivity index is 3.76. The van der Waals surface area contributed by atoms with Crippen LogP contribution in [0.1, 0.15) is 13.3 Å². The van der Waals surface area contributed by atoms with E-state index in [1.807, 2.05) is 0 Å². The molecule has 5 nitrogen and oxygen atoms in total. The molecule has 0 aliphatic heterocycles. The molecule has 0 aromatic heterocycles. The summed E-state index contributed by atoms with van der Waals surface area (Å²) in [6.07, 6.45) is 0.262. The van der Waals surface area contributed by atoms with Gasteiger partial charge in [0, 0.05) is 5.75 Å². The van der Waals surface area contributed by atoms with Gasteiger partial charge in [-0.15, -0.1) is 11.8 Å². The van der Waals surface area contributed by atoms with Gasteiger partial charge in [0.2, 0.25) is 0 Å². The zero-order valence-corrected chi connectivity index (χ0v) is 8.76. The lowest BCUT2D eigenvalue weighted by Crippen LogP contribution is -2.08. The summed E-state index contributed by atoms with van der Waals surface area (Å²) in [6, 6.07) is 1.72. The maximum absolute atomic E-state index is 10.9. The van der Waals surface area contributed by atoms with Crippen molar-refractivity contribution in [2.45, 2.75) is 13.3 Å². The minimum Gasteiger partial charge on any atom is -0.466 e. The average Bonchev–Trinajstić information content (AvgIpc) is 2.16. The number of nitrogens with zero attached hydrogens (tertiary/aromatic N) is 1. The molecule has 0 atom stereocenters. The minimum absolute atomic E-state index is 0.0149. The maximum Gasteiger partial charge on any atom is 0.306 e. The fourth-order valence-electron chi connectivity index (χ4n) is 0.610. The number of rotatable bonds is 5. The number of ether oxygens (including phenoxy) is 1. The van der Waals surface area contributed by atoms with Gasteiger partial charge in [0.1, 0.15) is 16.8 Å². The van der Waals surface area contributed by atoms with Crippen molar-refractivity contribution < 1.29 is 9.53 Å². The number of carbonyl (C=O) groups is 1. The lowest BCUT2D eigenvalue weighted by Gasteiger charge is -2.02. The normalized spacial score (nSPS) is 11.4. The number of hydrogen-bond donors (Lipinski definition) is 2. The fourth-order valence-corrected chi connectivity index (χ4v) is 1.30. The lowest BCUT2D eigenvalue weighted by molar-refractivity contribution is -0.142. The van der Waals surface area contributed by atoms with Crippen molar-refractivity contribution in [3.8, 4) is 6.07 Å². The van der Waals surface area contributed by atoms with E-state index >= 15 is 0 Å². The van der Waals surface area contributed by atoms with E-state index in [4.69, 9.17) is 21.5 Å². The molecule has 0 amide bonds. The number of nitrogens with two attached hydrogens (primary N) is 2. The van der Waals surface area contributed by atoms with Crippen LogP contribution in [0.3, 0.4) is 0 Å². The first-order valence-corrected chi connectivity index (χ1v) is 5.04. The van der Waals surface area contributed by atoms with Gasteiger partial charge < -0.3 is 16.2 Å². The van der Waals surface area contributed by atoms with E-state index in [2.05, 4.69) is 0 Å². The molecule has 0 saturated heterocycles. The first-order chi connectivity index (χ1) is 6.61. The predicted molar refractivity (Wildman–Crippen MR) is 54.7 cm³/mol. The molecule has 0 rings (SSSR count). The van der Waals surface area contributed by atoms with Gasteiger partial charge in [-0.1, -0.05) is 0 Å². The summed E-state index contributed by atoms with van der Waals surface area (Å²) < 4.78 is 4.71. The van der Waals surface area contributed by atoms with Crippen LogP contribution >= 0.6 is 11.8 Å². The molecule has 0 saturated carbocycles. The summed E-state index contributed by atoms with van der Waals surface area (Å²) in [5, 5.41) is 8.63. The second kappa shape index (κ2) is 7.09. The molecule has 0 spiro atoms. The third-order valence-electron chi connectivity index (χ3n) is 1.25. The van der Waals surface area contributed by atoms with Crippen LogP contribution in [0.25, 0.3) is 0 Å². The molecule has 4 N–H and O–H groups in total. The van der Waals surface area contributed by atoms with Crippen LogP contribution < -0.4 is 11.5 Å². The Hall–Kier alpha value is -1.35. The highest BCUT2D eigenvalue weighted by atomic mass is 32.2. The van der Waals surface area contributed by atoms with Crippen molar-refractivity contribution >= 4 is 17.7 Å². The Kier molecular flexibility index (Phi) is 6.41. The van der Waals surface area contributed by atoms with Crippen molar-refractivity contribution in [3.05, 3.63) is 10.7 Å². The molecule has 78 valence electrons. The third-order valence-corrected chi connectivity index (χ3v) is 2.19. The Bertz CT molecular complexity index is 270. The molecule has 14 heavy (non-hydrogen) atoms. The molecule has 0 aliphatic carbocycles. The summed E-state index contributed by atoms with van der Waals surface area (Å²) in [4.78, 5) is 10.9. The first-order valence-electron chi connectivity index (χ1n) is 4.05. The molecule has 0 fully saturated rings. The summed E-state index contributed by atoms with van der Waals surface area (Å²) >= 11 is 1.17. The molecule has 0 aliphatic rings. The summed E-state index contributed by atoms with van der Waals surface area (Å²) in [7, 11) is 0. The number of thioether (sulfide) groups is 1. The van der Waals surface area contributed by atoms with Gasteiger partial charge in [0.05, 0.1) is 13.0 Å². The SMILES string of the molecule is CCOC(=O)CCS/C(N)=C(\N)C#N.